The number of benzene rings is 3. The fourth-order valence-corrected chi connectivity index (χ4v) is 2.78. The summed E-state index contributed by atoms with van der Waals surface area (Å²) in [6.45, 7) is 6.56. The highest BCUT2D eigenvalue weighted by Crippen LogP contribution is 2.28. The molecule has 150 valence electrons. The van der Waals surface area contributed by atoms with Crippen LogP contribution in [-0.2, 0) is 10.2 Å². The molecule has 3 rings (SSSR count). The summed E-state index contributed by atoms with van der Waals surface area (Å²) in [5, 5.41) is 2.83. The molecular formula is C25H27NO3. The number of amides is 1. The van der Waals surface area contributed by atoms with E-state index in [0.717, 1.165) is 12.2 Å². The van der Waals surface area contributed by atoms with Crippen LogP contribution in [0.5, 0.6) is 17.2 Å². The van der Waals surface area contributed by atoms with Crippen LogP contribution in [0.4, 0.5) is 5.69 Å². The number of nitrogens with one attached hydrogen (secondary N) is 1. The van der Waals surface area contributed by atoms with Crippen LogP contribution in [0.1, 0.15) is 32.8 Å². The van der Waals surface area contributed by atoms with Crippen LogP contribution in [0.3, 0.4) is 0 Å². The summed E-state index contributed by atoms with van der Waals surface area (Å²) in [5.41, 5.74) is 2.08. The number of carbonyl (C=O) groups excluding carboxylic acids is 1. The van der Waals surface area contributed by atoms with Crippen LogP contribution in [0.25, 0.3) is 0 Å². The second-order valence-electron chi connectivity index (χ2n) is 7.54. The van der Waals surface area contributed by atoms with Crippen molar-refractivity contribution in [3.8, 4) is 17.2 Å². The molecule has 0 bridgehead atoms. The first-order chi connectivity index (χ1) is 14.0. The maximum atomic E-state index is 12.2. The van der Waals surface area contributed by atoms with Gasteiger partial charge in [-0.3, -0.25) is 4.79 Å². The second kappa shape index (κ2) is 9.28. The van der Waals surface area contributed by atoms with Crippen molar-refractivity contribution in [1.82, 2.24) is 0 Å². The summed E-state index contributed by atoms with van der Waals surface area (Å²) in [6, 6.07) is 24.7. The van der Waals surface area contributed by atoms with Crippen molar-refractivity contribution in [3.05, 3.63) is 84.4 Å². The van der Waals surface area contributed by atoms with Gasteiger partial charge in [0.15, 0.2) is 6.61 Å². The molecule has 0 unspecified atom stereocenters. The highest BCUT2D eigenvalue weighted by atomic mass is 16.5. The number of ether oxygens (including phenoxy) is 2. The van der Waals surface area contributed by atoms with E-state index in [4.69, 9.17) is 9.47 Å². The maximum absolute atomic E-state index is 12.2. The van der Waals surface area contributed by atoms with E-state index in [1.54, 1.807) is 12.1 Å². The average molecular weight is 389 g/mol. The van der Waals surface area contributed by atoms with Gasteiger partial charge < -0.3 is 14.8 Å². The second-order valence-corrected chi connectivity index (χ2v) is 7.54. The molecule has 3 aromatic carbocycles. The standard InChI is InChI=1S/C25H27NO3/c1-4-25(2,3)19-10-14-21(15-11-19)28-18-24(27)26-20-12-16-23(17-13-20)29-22-8-6-5-7-9-22/h5-17H,4,18H2,1-3H3,(H,26,27). The van der Waals surface area contributed by atoms with Gasteiger partial charge in [-0.1, -0.05) is 51.1 Å². The number of carbonyl (C=O) groups is 1. The molecule has 0 atom stereocenters. The lowest BCUT2D eigenvalue weighted by molar-refractivity contribution is -0.118. The molecule has 0 heterocycles. The maximum Gasteiger partial charge on any atom is 0.262 e. The quantitative estimate of drug-likeness (QED) is 0.500. The minimum atomic E-state index is -0.209. The topological polar surface area (TPSA) is 47.6 Å². The van der Waals surface area contributed by atoms with Crippen LogP contribution in [-0.4, -0.2) is 12.5 Å². The monoisotopic (exact) mass is 389 g/mol. The Morgan fingerprint density at radius 2 is 1.41 bits per heavy atom. The molecule has 1 N–H and O–H groups in total. The molecule has 0 aliphatic carbocycles. The molecule has 0 aliphatic heterocycles. The van der Waals surface area contributed by atoms with Gasteiger partial charge in [0.2, 0.25) is 0 Å². The SMILES string of the molecule is CCC(C)(C)c1ccc(OCC(=O)Nc2ccc(Oc3ccccc3)cc2)cc1. The highest BCUT2D eigenvalue weighted by Gasteiger charge is 2.17. The lowest BCUT2D eigenvalue weighted by Crippen LogP contribution is -2.20. The molecular weight excluding hydrogens is 362 g/mol. The predicted octanol–water partition coefficient (Wildman–Crippen LogP) is 6.18. The van der Waals surface area contributed by atoms with E-state index in [2.05, 4.69) is 38.2 Å². The van der Waals surface area contributed by atoms with E-state index >= 15 is 0 Å². The first kappa shape index (κ1) is 20.5. The first-order valence-corrected chi connectivity index (χ1v) is 9.82. The van der Waals surface area contributed by atoms with Crippen molar-refractivity contribution in [2.75, 3.05) is 11.9 Å². The number of hydrogen-bond donors (Lipinski definition) is 1. The molecule has 0 aromatic heterocycles. The van der Waals surface area contributed by atoms with Crippen LogP contribution in [0.2, 0.25) is 0 Å². The van der Waals surface area contributed by atoms with Gasteiger partial charge in [0, 0.05) is 5.69 Å². The number of anilines is 1. The molecule has 0 fully saturated rings. The lowest BCUT2D eigenvalue weighted by atomic mass is 9.82. The highest BCUT2D eigenvalue weighted by molar-refractivity contribution is 5.91. The predicted molar refractivity (Wildman–Crippen MR) is 117 cm³/mol. The normalized spacial score (nSPS) is 11.0. The van der Waals surface area contributed by atoms with E-state index in [9.17, 15) is 4.79 Å². The van der Waals surface area contributed by atoms with E-state index in [1.807, 2.05) is 54.6 Å². The van der Waals surface area contributed by atoms with Gasteiger partial charge in [-0.2, -0.15) is 0 Å². The summed E-state index contributed by atoms with van der Waals surface area (Å²) in [6.07, 6.45) is 1.06. The minimum Gasteiger partial charge on any atom is -0.484 e. The smallest absolute Gasteiger partial charge is 0.262 e. The first-order valence-electron chi connectivity index (χ1n) is 9.82. The van der Waals surface area contributed by atoms with Crippen molar-refractivity contribution >= 4 is 11.6 Å². The van der Waals surface area contributed by atoms with Crippen LogP contribution >= 0.6 is 0 Å². The van der Waals surface area contributed by atoms with Gasteiger partial charge in [0.05, 0.1) is 0 Å². The summed E-state index contributed by atoms with van der Waals surface area (Å²) < 4.78 is 11.4. The Hall–Kier alpha value is -3.27. The third-order valence-electron chi connectivity index (χ3n) is 5.01. The zero-order valence-corrected chi connectivity index (χ0v) is 17.1. The Morgan fingerprint density at radius 1 is 0.828 bits per heavy atom. The van der Waals surface area contributed by atoms with Gasteiger partial charge >= 0.3 is 0 Å². The van der Waals surface area contributed by atoms with Crippen molar-refractivity contribution in [1.29, 1.82) is 0 Å². The zero-order valence-electron chi connectivity index (χ0n) is 17.1. The zero-order chi connectivity index (χ0) is 20.7. The number of rotatable bonds is 8. The third-order valence-corrected chi connectivity index (χ3v) is 5.01. The Balaban J connectivity index is 1.49. The van der Waals surface area contributed by atoms with E-state index in [0.29, 0.717) is 17.2 Å². The molecule has 0 saturated carbocycles. The fourth-order valence-electron chi connectivity index (χ4n) is 2.78. The van der Waals surface area contributed by atoms with Crippen molar-refractivity contribution in [3.63, 3.8) is 0 Å². The van der Waals surface area contributed by atoms with Crippen molar-refractivity contribution < 1.29 is 14.3 Å². The molecule has 4 heteroatoms. The Labute approximate surface area is 172 Å². The minimum absolute atomic E-state index is 0.0429. The largest absolute Gasteiger partial charge is 0.484 e. The lowest BCUT2D eigenvalue weighted by Gasteiger charge is -2.23. The Kier molecular flexibility index (Phi) is 6.55. The molecule has 1 amide bonds. The third kappa shape index (κ3) is 5.85. The van der Waals surface area contributed by atoms with E-state index in [1.165, 1.54) is 5.56 Å². The van der Waals surface area contributed by atoms with Gasteiger partial charge in [-0.25, -0.2) is 0 Å². The van der Waals surface area contributed by atoms with Gasteiger partial charge in [-0.15, -0.1) is 0 Å². The van der Waals surface area contributed by atoms with Gasteiger partial charge in [0.25, 0.3) is 5.91 Å². The van der Waals surface area contributed by atoms with Gasteiger partial charge in [0.1, 0.15) is 17.2 Å². The molecule has 0 saturated heterocycles. The Bertz CT molecular complexity index is 917. The number of para-hydroxylation sites is 1. The fraction of sp³-hybridized carbons (Fsp3) is 0.240. The average Bonchev–Trinajstić information content (AvgIpc) is 2.75. The van der Waals surface area contributed by atoms with E-state index < -0.39 is 0 Å². The van der Waals surface area contributed by atoms with Gasteiger partial charge in [-0.05, 0) is 65.9 Å². The van der Waals surface area contributed by atoms with Crippen LogP contribution in [0.15, 0.2) is 78.9 Å². The van der Waals surface area contributed by atoms with E-state index in [-0.39, 0.29) is 17.9 Å². The van der Waals surface area contributed by atoms with Crippen LogP contribution in [0, 0.1) is 0 Å². The summed E-state index contributed by atoms with van der Waals surface area (Å²) >= 11 is 0. The van der Waals surface area contributed by atoms with Crippen LogP contribution < -0.4 is 14.8 Å². The molecule has 29 heavy (non-hydrogen) atoms. The molecule has 0 spiro atoms. The summed E-state index contributed by atoms with van der Waals surface area (Å²) in [7, 11) is 0. The summed E-state index contributed by atoms with van der Waals surface area (Å²) in [4.78, 5) is 12.2. The Morgan fingerprint density at radius 3 is 2.03 bits per heavy atom. The molecule has 0 aliphatic rings. The number of hydrogen-bond acceptors (Lipinski definition) is 3. The summed E-state index contributed by atoms with van der Waals surface area (Å²) in [5.74, 6) is 1.95. The van der Waals surface area contributed by atoms with Crippen molar-refractivity contribution in [2.24, 2.45) is 0 Å². The molecule has 3 aromatic rings. The molecule has 0 radical (unpaired) electrons. The van der Waals surface area contributed by atoms with Crippen molar-refractivity contribution in [2.45, 2.75) is 32.6 Å². The molecule has 4 nitrogen and oxygen atoms in total.